The van der Waals surface area contributed by atoms with Gasteiger partial charge in [0, 0.05) is 5.92 Å². The number of aryl methyl sites for hydroxylation is 1. The standard InChI is InChI=1S/C13H17NO2/c1-9-4-2-3-5-12(9)10-6-7-11(8-10)13(15)14-16/h2-5,10-11,16H,6-8H2,1H3,(H,14,15)/t10-,11?/m0/s1. The van der Waals surface area contributed by atoms with Gasteiger partial charge in [-0.15, -0.1) is 0 Å². The molecule has 86 valence electrons. The summed E-state index contributed by atoms with van der Waals surface area (Å²) in [5.41, 5.74) is 4.39. The molecule has 0 bridgehead atoms. The lowest BCUT2D eigenvalue weighted by Crippen LogP contribution is -2.26. The highest BCUT2D eigenvalue weighted by Gasteiger charge is 2.30. The van der Waals surface area contributed by atoms with Crippen molar-refractivity contribution in [3.8, 4) is 0 Å². The van der Waals surface area contributed by atoms with E-state index in [0.717, 1.165) is 19.3 Å². The molecule has 2 atom stereocenters. The van der Waals surface area contributed by atoms with E-state index in [1.165, 1.54) is 11.1 Å². The third-order valence-corrected chi connectivity index (χ3v) is 3.54. The van der Waals surface area contributed by atoms with Crippen LogP contribution in [-0.4, -0.2) is 11.1 Å². The zero-order valence-electron chi connectivity index (χ0n) is 9.44. The summed E-state index contributed by atoms with van der Waals surface area (Å²) in [4.78, 5) is 11.3. The Kier molecular flexibility index (Phi) is 3.25. The van der Waals surface area contributed by atoms with Crippen LogP contribution in [0.5, 0.6) is 0 Å². The molecule has 3 heteroatoms. The Balaban J connectivity index is 2.09. The van der Waals surface area contributed by atoms with Gasteiger partial charge in [-0.1, -0.05) is 24.3 Å². The summed E-state index contributed by atoms with van der Waals surface area (Å²) < 4.78 is 0. The van der Waals surface area contributed by atoms with Crippen molar-refractivity contribution in [3.63, 3.8) is 0 Å². The SMILES string of the molecule is Cc1ccccc1[C@H]1CCC(C(=O)NO)C1. The normalized spacial score (nSPS) is 24.4. The fourth-order valence-corrected chi connectivity index (χ4v) is 2.64. The Labute approximate surface area is 95.4 Å². The third kappa shape index (κ3) is 2.09. The van der Waals surface area contributed by atoms with Crippen molar-refractivity contribution in [1.82, 2.24) is 5.48 Å². The molecular formula is C13H17NO2. The monoisotopic (exact) mass is 219 g/mol. The Bertz CT molecular complexity index is 389. The van der Waals surface area contributed by atoms with Crippen LogP contribution in [0.3, 0.4) is 0 Å². The van der Waals surface area contributed by atoms with E-state index >= 15 is 0 Å². The van der Waals surface area contributed by atoms with Crippen molar-refractivity contribution in [1.29, 1.82) is 0 Å². The van der Waals surface area contributed by atoms with Crippen molar-refractivity contribution >= 4 is 5.91 Å². The number of rotatable bonds is 2. The van der Waals surface area contributed by atoms with Gasteiger partial charge in [-0.25, -0.2) is 5.48 Å². The quantitative estimate of drug-likeness (QED) is 0.592. The van der Waals surface area contributed by atoms with Crippen LogP contribution in [0.15, 0.2) is 24.3 Å². The summed E-state index contributed by atoms with van der Waals surface area (Å²) in [5.74, 6) is 0.189. The van der Waals surface area contributed by atoms with E-state index in [1.807, 2.05) is 12.1 Å². The van der Waals surface area contributed by atoms with E-state index < -0.39 is 0 Å². The Morgan fingerprint density at radius 2 is 2.12 bits per heavy atom. The van der Waals surface area contributed by atoms with E-state index in [2.05, 4.69) is 19.1 Å². The lowest BCUT2D eigenvalue weighted by molar-refractivity contribution is -0.133. The van der Waals surface area contributed by atoms with E-state index in [1.54, 1.807) is 5.48 Å². The van der Waals surface area contributed by atoms with E-state index in [0.29, 0.717) is 5.92 Å². The van der Waals surface area contributed by atoms with Crippen molar-refractivity contribution < 1.29 is 10.0 Å². The molecule has 1 unspecified atom stereocenters. The van der Waals surface area contributed by atoms with Crippen LogP contribution in [0, 0.1) is 12.8 Å². The number of hydroxylamine groups is 1. The maximum absolute atomic E-state index is 11.3. The molecule has 0 heterocycles. The molecular weight excluding hydrogens is 202 g/mol. The molecule has 2 N–H and O–H groups in total. The molecule has 3 nitrogen and oxygen atoms in total. The lowest BCUT2D eigenvalue weighted by atomic mass is 9.92. The minimum Gasteiger partial charge on any atom is -0.289 e. The second-order valence-corrected chi connectivity index (χ2v) is 4.54. The Hall–Kier alpha value is -1.35. The van der Waals surface area contributed by atoms with Crippen molar-refractivity contribution in [2.75, 3.05) is 0 Å². The molecule has 0 saturated heterocycles. The maximum atomic E-state index is 11.3. The third-order valence-electron chi connectivity index (χ3n) is 3.54. The summed E-state index contributed by atoms with van der Waals surface area (Å²) in [6, 6.07) is 8.32. The number of hydrogen-bond donors (Lipinski definition) is 2. The molecule has 1 amide bonds. The van der Waals surface area contributed by atoms with Crippen LogP contribution in [0.2, 0.25) is 0 Å². The fraction of sp³-hybridized carbons (Fsp3) is 0.462. The van der Waals surface area contributed by atoms with Gasteiger partial charge in [-0.2, -0.15) is 0 Å². The molecule has 1 aliphatic carbocycles. The zero-order valence-corrected chi connectivity index (χ0v) is 9.44. The largest absolute Gasteiger partial charge is 0.289 e. The first-order valence-corrected chi connectivity index (χ1v) is 5.72. The first kappa shape index (κ1) is 11.1. The molecule has 1 aromatic carbocycles. The molecule has 0 radical (unpaired) electrons. The second kappa shape index (κ2) is 4.66. The van der Waals surface area contributed by atoms with Gasteiger partial charge in [-0.05, 0) is 43.2 Å². The van der Waals surface area contributed by atoms with Crippen LogP contribution >= 0.6 is 0 Å². The van der Waals surface area contributed by atoms with Gasteiger partial charge >= 0.3 is 0 Å². The van der Waals surface area contributed by atoms with Crippen molar-refractivity contribution in [3.05, 3.63) is 35.4 Å². The predicted molar refractivity (Wildman–Crippen MR) is 61.2 cm³/mol. The van der Waals surface area contributed by atoms with E-state index in [4.69, 9.17) is 5.21 Å². The van der Waals surface area contributed by atoms with Crippen LogP contribution in [0.25, 0.3) is 0 Å². The second-order valence-electron chi connectivity index (χ2n) is 4.54. The van der Waals surface area contributed by atoms with E-state index in [-0.39, 0.29) is 11.8 Å². The van der Waals surface area contributed by atoms with Crippen LogP contribution in [0.1, 0.15) is 36.3 Å². The first-order chi connectivity index (χ1) is 7.72. The molecule has 1 aromatic rings. The van der Waals surface area contributed by atoms with Crippen LogP contribution < -0.4 is 5.48 Å². The number of carbonyl (C=O) groups is 1. The number of nitrogens with one attached hydrogen (secondary N) is 1. The van der Waals surface area contributed by atoms with Gasteiger partial charge in [0.05, 0.1) is 0 Å². The molecule has 1 saturated carbocycles. The maximum Gasteiger partial charge on any atom is 0.246 e. The predicted octanol–water partition coefficient (Wildman–Crippen LogP) is 2.38. The summed E-state index contributed by atoms with van der Waals surface area (Å²) >= 11 is 0. The van der Waals surface area contributed by atoms with Crippen molar-refractivity contribution in [2.45, 2.75) is 32.1 Å². The number of amides is 1. The molecule has 16 heavy (non-hydrogen) atoms. The molecule has 1 aliphatic rings. The number of carbonyl (C=O) groups excluding carboxylic acids is 1. The molecule has 0 aromatic heterocycles. The van der Waals surface area contributed by atoms with Gasteiger partial charge in [0.1, 0.15) is 0 Å². The average Bonchev–Trinajstić information content (AvgIpc) is 2.78. The van der Waals surface area contributed by atoms with Gasteiger partial charge < -0.3 is 0 Å². The van der Waals surface area contributed by atoms with Gasteiger partial charge in [0.2, 0.25) is 5.91 Å². The van der Waals surface area contributed by atoms with Gasteiger partial charge in [-0.3, -0.25) is 10.0 Å². The summed E-state index contributed by atoms with van der Waals surface area (Å²) in [6.07, 6.45) is 2.74. The summed E-state index contributed by atoms with van der Waals surface area (Å²) in [7, 11) is 0. The van der Waals surface area contributed by atoms with Gasteiger partial charge in [0.15, 0.2) is 0 Å². The zero-order chi connectivity index (χ0) is 11.5. The highest BCUT2D eigenvalue weighted by atomic mass is 16.5. The smallest absolute Gasteiger partial charge is 0.246 e. The first-order valence-electron chi connectivity index (χ1n) is 5.72. The topological polar surface area (TPSA) is 49.3 Å². The minimum atomic E-state index is -0.240. The average molecular weight is 219 g/mol. The number of benzene rings is 1. The highest BCUT2D eigenvalue weighted by Crippen LogP contribution is 2.39. The van der Waals surface area contributed by atoms with Crippen LogP contribution in [0.4, 0.5) is 0 Å². The summed E-state index contributed by atoms with van der Waals surface area (Å²) in [6.45, 7) is 2.11. The molecule has 0 aliphatic heterocycles. The number of hydrogen-bond acceptors (Lipinski definition) is 2. The Morgan fingerprint density at radius 3 is 2.81 bits per heavy atom. The lowest BCUT2D eigenvalue weighted by Gasteiger charge is -2.13. The minimum absolute atomic E-state index is 0.0328. The molecule has 0 spiro atoms. The van der Waals surface area contributed by atoms with Gasteiger partial charge in [0.25, 0.3) is 0 Å². The van der Waals surface area contributed by atoms with E-state index in [9.17, 15) is 4.79 Å². The van der Waals surface area contributed by atoms with Crippen molar-refractivity contribution in [2.24, 2.45) is 5.92 Å². The highest BCUT2D eigenvalue weighted by molar-refractivity contribution is 5.77. The molecule has 1 fully saturated rings. The Morgan fingerprint density at radius 1 is 1.38 bits per heavy atom. The summed E-state index contributed by atoms with van der Waals surface area (Å²) in [5, 5.41) is 8.61. The fourth-order valence-electron chi connectivity index (χ4n) is 2.64. The van der Waals surface area contributed by atoms with Crippen LogP contribution in [-0.2, 0) is 4.79 Å². The molecule has 2 rings (SSSR count).